The largest absolute Gasteiger partial charge is 0.0620 e. The molecule has 0 bridgehead atoms. The summed E-state index contributed by atoms with van der Waals surface area (Å²) in [6.07, 6.45) is 7.44. The molecule has 2 fully saturated rings. The van der Waals surface area contributed by atoms with Gasteiger partial charge in [0.2, 0.25) is 0 Å². The van der Waals surface area contributed by atoms with Crippen LogP contribution in [0, 0.1) is 16.7 Å². The third-order valence-electron chi connectivity index (χ3n) is 5.03. The molecule has 0 saturated heterocycles. The van der Waals surface area contributed by atoms with Crippen molar-refractivity contribution in [1.82, 2.24) is 0 Å². The molecule has 0 aromatic heterocycles. The second kappa shape index (κ2) is 2.02. The Hall–Kier alpha value is 0. The first-order valence-electron chi connectivity index (χ1n) is 5.08. The predicted molar refractivity (Wildman–Crippen MR) is 48.5 cm³/mol. The van der Waals surface area contributed by atoms with Crippen LogP contribution in [0.25, 0.3) is 0 Å². The number of fused-ring (bicyclic) bond motifs is 1. The lowest BCUT2D eigenvalue weighted by molar-refractivity contribution is -0.126. The zero-order valence-electron chi connectivity index (χ0n) is 8.11. The fourth-order valence-corrected chi connectivity index (χ4v) is 3.31. The van der Waals surface area contributed by atoms with Crippen molar-refractivity contribution in [3.05, 3.63) is 0 Å². The Bertz CT molecular complexity index is 173. The first-order chi connectivity index (χ1) is 5.08. The van der Waals surface area contributed by atoms with E-state index in [4.69, 9.17) is 0 Å². The third-order valence-corrected chi connectivity index (χ3v) is 5.03. The lowest BCUT2D eigenvalue weighted by Gasteiger charge is -2.62. The molecule has 11 heavy (non-hydrogen) atoms. The van der Waals surface area contributed by atoms with Gasteiger partial charge in [-0.3, -0.25) is 0 Å². The van der Waals surface area contributed by atoms with Crippen LogP contribution >= 0.6 is 0 Å². The van der Waals surface area contributed by atoms with Gasteiger partial charge in [-0.1, -0.05) is 33.6 Å². The molecule has 0 aliphatic heterocycles. The monoisotopic (exact) mass is 152 g/mol. The summed E-state index contributed by atoms with van der Waals surface area (Å²) in [5, 5.41) is 0. The highest BCUT2D eigenvalue weighted by atomic mass is 14.6. The maximum absolute atomic E-state index is 2.51. The van der Waals surface area contributed by atoms with Crippen molar-refractivity contribution >= 4 is 0 Å². The van der Waals surface area contributed by atoms with Gasteiger partial charge in [0.1, 0.15) is 0 Å². The minimum atomic E-state index is 0.714. The lowest BCUT2D eigenvalue weighted by Crippen LogP contribution is -2.53. The first-order valence-corrected chi connectivity index (χ1v) is 5.08. The van der Waals surface area contributed by atoms with E-state index < -0.39 is 0 Å². The van der Waals surface area contributed by atoms with E-state index in [1.165, 1.54) is 32.1 Å². The fraction of sp³-hybridized carbons (Fsp3) is 1.00. The Morgan fingerprint density at radius 1 is 1.09 bits per heavy atom. The van der Waals surface area contributed by atoms with Crippen LogP contribution in [0.3, 0.4) is 0 Å². The third kappa shape index (κ3) is 0.761. The molecule has 0 spiro atoms. The molecule has 2 rings (SSSR count). The van der Waals surface area contributed by atoms with Gasteiger partial charge < -0.3 is 0 Å². The number of hydrogen-bond donors (Lipinski definition) is 0. The smallest absolute Gasteiger partial charge is 0.0246 e. The summed E-state index contributed by atoms with van der Waals surface area (Å²) in [5.74, 6) is 0.981. The fourth-order valence-electron chi connectivity index (χ4n) is 3.31. The Kier molecular flexibility index (Phi) is 1.41. The second-order valence-corrected chi connectivity index (χ2v) is 5.27. The molecule has 3 atom stereocenters. The van der Waals surface area contributed by atoms with E-state index in [0.717, 1.165) is 11.3 Å². The molecule has 0 aromatic rings. The second-order valence-electron chi connectivity index (χ2n) is 5.27. The van der Waals surface area contributed by atoms with E-state index in [1.54, 1.807) is 0 Å². The van der Waals surface area contributed by atoms with Crippen LogP contribution in [0.15, 0.2) is 0 Å². The van der Waals surface area contributed by atoms with Crippen LogP contribution in [-0.4, -0.2) is 0 Å². The molecule has 2 saturated carbocycles. The van der Waals surface area contributed by atoms with Crippen molar-refractivity contribution < 1.29 is 0 Å². The predicted octanol–water partition coefficient (Wildman–Crippen LogP) is 3.61. The van der Waals surface area contributed by atoms with Gasteiger partial charge in [-0.25, -0.2) is 0 Å². The summed E-state index contributed by atoms with van der Waals surface area (Å²) < 4.78 is 0. The van der Waals surface area contributed by atoms with E-state index in [0.29, 0.717) is 5.41 Å². The topological polar surface area (TPSA) is 0 Å². The summed E-state index contributed by atoms with van der Waals surface area (Å²) in [5.41, 5.74) is 1.44. The van der Waals surface area contributed by atoms with Gasteiger partial charge in [0, 0.05) is 0 Å². The highest BCUT2D eigenvalue weighted by Crippen LogP contribution is 2.66. The van der Waals surface area contributed by atoms with Gasteiger partial charge in [0.05, 0.1) is 0 Å². The maximum Gasteiger partial charge on any atom is -0.0246 e. The van der Waals surface area contributed by atoms with Crippen LogP contribution in [0.4, 0.5) is 0 Å². The van der Waals surface area contributed by atoms with Gasteiger partial charge in [0.25, 0.3) is 0 Å². The van der Waals surface area contributed by atoms with E-state index in [2.05, 4.69) is 20.8 Å². The Morgan fingerprint density at radius 2 is 1.82 bits per heavy atom. The van der Waals surface area contributed by atoms with Crippen LogP contribution in [-0.2, 0) is 0 Å². The van der Waals surface area contributed by atoms with Gasteiger partial charge in [0.15, 0.2) is 0 Å². The van der Waals surface area contributed by atoms with Crippen LogP contribution in [0.1, 0.15) is 52.9 Å². The zero-order chi connectivity index (χ0) is 8.11. The van der Waals surface area contributed by atoms with E-state index in [1.807, 2.05) is 0 Å². The van der Waals surface area contributed by atoms with Crippen molar-refractivity contribution in [3.63, 3.8) is 0 Å². The molecule has 2 aliphatic rings. The molecular formula is C11H20. The lowest BCUT2D eigenvalue weighted by atomic mass is 9.42. The van der Waals surface area contributed by atoms with E-state index in [-0.39, 0.29) is 0 Å². The molecule has 0 N–H and O–H groups in total. The molecule has 0 amide bonds. The average molecular weight is 152 g/mol. The Morgan fingerprint density at radius 3 is 2.18 bits per heavy atom. The Labute approximate surface area is 70.4 Å². The van der Waals surface area contributed by atoms with E-state index >= 15 is 0 Å². The molecule has 0 unspecified atom stereocenters. The summed E-state index contributed by atoms with van der Waals surface area (Å²) in [6, 6.07) is 0. The van der Waals surface area contributed by atoms with Crippen molar-refractivity contribution in [2.75, 3.05) is 0 Å². The summed E-state index contributed by atoms with van der Waals surface area (Å²) in [4.78, 5) is 0. The SMILES string of the molecule is C[C@@H]1CCC[C@]2(C)CC[C@]12C. The first kappa shape index (κ1) is 7.64. The summed E-state index contributed by atoms with van der Waals surface area (Å²) in [7, 11) is 0. The van der Waals surface area contributed by atoms with Gasteiger partial charge in [-0.05, 0) is 36.0 Å². The van der Waals surface area contributed by atoms with Crippen LogP contribution < -0.4 is 0 Å². The highest BCUT2D eigenvalue weighted by Gasteiger charge is 2.56. The van der Waals surface area contributed by atoms with Crippen molar-refractivity contribution in [3.8, 4) is 0 Å². The number of hydrogen-bond acceptors (Lipinski definition) is 0. The minimum Gasteiger partial charge on any atom is -0.0620 e. The average Bonchev–Trinajstić information content (AvgIpc) is 1.98. The number of rotatable bonds is 0. The van der Waals surface area contributed by atoms with Crippen molar-refractivity contribution in [2.45, 2.75) is 52.9 Å². The normalized spacial score (nSPS) is 56.5. The van der Waals surface area contributed by atoms with Crippen molar-refractivity contribution in [1.29, 1.82) is 0 Å². The summed E-state index contributed by atoms with van der Waals surface area (Å²) in [6.45, 7) is 7.48. The molecular weight excluding hydrogens is 132 g/mol. The molecule has 0 heteroatoms. The molecule has 0 aromatic carbocycles. The maximum atomic E-state index is 2.51. The van der Waals surface area contributed by atoms with Crippen LogP contribution in [0.2, 0.25) is 0 Å². The Balaban J connectivity index is 2.23. The minimum absolute atomic E-state index is 0.714. The van der Waals surface area contributed by atoms with Gasteiger partial charge >= 0.3 is 0 Å². The van der Waals surface area contributed by atoms with Gasteiger partial charge in [-0.2, -0.15) is 0 Å². The summed E-state index contributed by atoms with van der Waals surface area (Å²) >= 11 is 0. The van der Waals surface area contributed by atoms with Crippen LogP contribution in [0.5, 0.6) is 0 Å². The zero-order valence-corrected chi connectivity index (χ0v) is 8.11. The van der Waals surface area contributed by atoms with E-state index in [9.17, 15) is 0 Å². The molecule has 2 aliphatic carbocycles. The molecule has 64 valence electrons. The standard InChI is InChI=1S/C11H20/c1-9-5-4-6-10(2)7-8-11(9,10)3/h9H,4-8H2,1-3H3/t9-,10-,11-/m1/s1. The van der Waals surface area contributed by atoms with Gasteiger partial charge in [-0.15, -0.1) is 0 Å². The molecule has 0 radical (unpaired) electrons. The molecule has 0 heterocycles. The quantitative estimate of drug-likeness (QED) is 0.497. The molecule has 0 nitrogen and oxygen atoms in total. The highest BCUT2D eigenvalue weighted by molar-refractivity contribution is 5.06. The van der Waals surface area contributed by atoms with Crippen molar-refractivity contribution in [2.24, 2.45) is 16.7 Å².